The van der Waals surface area contributed by atoms with Gasteiger partial charge in [-0.1, -0.05) is 24.3 Å². The number of para-hydroxylation sites is 1. The molecule has 1 aromatic carbocycles. The molecule has 2 nitrogen and oxygen atoms in total. The maximum Gasteiger partial charge on any atom is 0.150 e. The lowest BCUT2D eigenvalue weighted by atomic mass is 10.1. The van der Waals surface area contributed by atoms with Gasteiger partial charge < -0.3 is 0 Å². The van der Waals surface area contributed by atoms with Gasteiger partial charge in [-0.2, -0.15) is 0 Å². The summed E-state index contributed by atoms with van der Waals surface area (Å²) in [5.41, 5.74) is 2.42. The van der Waals surface area contributed by atoms with E-state index in [1.807, 2.05) is 47.8 Å². The van der Waals surface area contributed by atoms with Crippen molar-refractivity contribution >= 4 is 28.5 Å². The van der Waals surface area contributed by atoms with E-state index in [0.29, 0.717) is 5.56 Å². The van der Waals surface area contributed by atoms with E-state index in [1.165, 1.54) is 0 Å². The molecule has 3 heteroatoms. The molecule has 0 aliphatic rings. The monoisotopic (exact) mass is 239 g/mol. The lowest BCUT2D eigenvalue weighted by molar-refractivity contribution is 0.112. The highest BCUT2D eigenvalue weighted by molar-refractivity contribution is 7.13. The number of aldehydes is 1. The third kappa shape index (κ3) is 1.74. The molecule has 0 atom stereocenters. The summed E-state index contributed by atoms with van der Waals surface area (Å²) in [6, 6.07) is 13.5. The number of benzene rings is 1. The Kier molecular flexibility index (Phi) is 2.46. The Hall–Kier alpha value is -2.00. The van der Waals surface area contributed by atoms with Gasteiger partial charge in [0.1, 0.15) is 0 Å². The van der Waals surface area contributed by atoms with Gasteiger partial charge in [0.25, 0.3) is 0 Å². The Bertz CT molecular complexity index is 674. The number of carbonyl (C=O) groups excluding carboxylic acids is 1. The van der Waals surface area contributed by atoms with Crippen molar-refractivity contribution in [3.05, 3.63) is 53.4 Å². The molecule has 0 radical (unpaired) electrons. The van der Waals surface area contributed by atoms with Crippen LogP contribution in [0.25, 0.3) is 21.5 Å². The van der Waals surface area contributed by atoms with Crippen molar-refractivity contribution in [3.8, 4) is 10.6 Å². The van der Waals surface area contributed by atoms with Crippen LogP contribution in [0.15, 0.2) is 47.8 Å². The number of rotatable bonds is 2. The van der Waals surface area contributed by atoms with Gasteiger partial charge >= 0.3 is 0 Å². The van der Waals surface area contributed by atoms with Crippen LogP contribution in [-0.4, -0.2) is 11.3 Å². The normalized spacial score (nSPS) is 10.6. The topological polar surface area (TPSA) is 30.0 Å². The predicted octanol–water partition coefficient (Wildman–Crippen LogP) is 3.78. The van der Waals surface area contributed by atoms with Gasteiger partial charge in [0, 0.05) is 10.9 Å². The zero-order valence-electron chi connectivity index (χ0n) is 8.96. The molecule has 3 rings (SSSR count). The number of fused-ring (bicyclic) bond motifs is 1. The van der Waals surface area contributed by atoms with Crippen molar-refractivity contribution < 1.29 is 4.79 Å². The molecule has 0 bridgehead atoms. The summed E-state index contributed by atoms with van der Waals surface area (Å²) in [4.78, 5) is 16.8. The number of pyridine rings is 1. The lowest BCUT2D eigenvalue weighted by Gasteiger charge is -2.03. The molecule has 0 unspecified atom stereocenters. The summed E-state index contributed by atoms with van der Waals surface area (Å²) in [5.74, 6) is 0. The smallest absolute Gasteiger partial charge is 0.150 e. The van der Waals surface area contributed by atoms with Crippen LogP contribution in [0.1, 0.15) is 10.4 Å². The second-order valence-corrected chi connectivity index (χ2v) is 4.66. The molecule has 0 saturated carbocycles. The molecular formula is C14H9NOS. The highest BCUT2D eigenvalue weighted by Gasteiger charge is 2.06. The van der Waals surface area contributed by atoms with Crippen molar-refractivity contribution in [2.75, 3.05) is 0 Å². The van der Waals surface area contributed by atoms with Crippen LogP contribution in [0.5, 0.6) is 0 Å². The van der Waals surface area contributed by atoms with Crippen molar-refractivity contribution in [1.29, 1.82) is 0 Å². The zero-order chi connectivity index (χ0) is 11.7. The van der Waals surface area contributed by atoms with E-state index in [2.05, 4.69) is 4.98 Å². The number of hydrogen-bond acceptors (Lipinski definition) is 3. The first-order valence-electron chi connectivity index (χ1n) is 5.27. The Morgan fingerprint density at radius 2 is 2.00 bits per heavy atom. The van der Waals surface area contributed by atoms with Crippen LogP contribution in [0, 0.1) is 0 Å². The van der Waals surface area contributed by atoms with Gasteiger partial charge in [0.05, 0.1) is 16.1 Å². The highest BCUT2D eigenvalue weighted by atomic mass is 32.1. The van der Waals surface area contributed by atoms with E-state index in [4.69, 9.17) is 0 Å². The van der Waals surface area contributed by atoms with Gasteiger partial charge in [-0.25, -0.2) is 4.98 Å². The van der Waals surface area contributed by atoms with Crippen molar-refractivity contribution in [1.82, 2.24) is 4.98 Å². The average molecular weight is 239 g/mol. The van der Waals surface area contributed by atoms with Gasteiger partial charge in [0.15, 0.2) is 6.29 Å². The molecule has 3 aromatic rings. The molecule has 0 amide bonds. The highest BCUT2D eigenvalue weighted by Crippen LogP contribution is 2.26. The first-order chi connectivity index (χ1) is 8.38. The van der Waals surface area contributed by atoms with E-state index in [-0.39, 0.29) is 0 Å². The van der Waals surface area contributed by atoms with E-state index in [0.717, 1.165) is 27.8 Å². The number of carbonyl (C=O) groups is 1. The maximum absolute atomic E-state index is 11.1. The fraction of sp³-hybridized carbons (Fsp3) is 0. The van der Waals surface area contributed by atoms with E-state index in [9.17, 15) is 4.79 Å². The van der Waals surface area contributed by atoms with Crippen LogP contribution >= 0.6 is 11.3 Å². The molecule has 2 aromatic heterocycles. The van der Waals surface area contributed by atoms with Crippen LogP contribution in [0.4, 0.5) is 0 Å². The second-order valence-electron chi connectivity index (χ2n) is 3.71. The van der Waals surface area contributed by atoms with Gasteiger partial charge in [-0.05, 0) is 23.6 Å². The fourth-order valence-electron chi connectivity index (χ4n) is 1.85. The molecule has 2 heterocycles. The first kappa shape index (κ1) is 10.2. The largest absolute Gasteiger partial charge is 0.298 e. The van der Waals surface area contributed by atoms with Gasteiger partial charge in [0.2, 0.25) is 0 Å². The van der Waals surface area contributed by atoms with Crippen molar-refractivity contribution in [2.45, 2.75) is 0 Å². The molecule has 0 saturated heterocycles. The standard InChI is InChI=1S/C14H9NOS/c16-9-10-8-13(14-6-3-7-17-14)15-12-5-2-1-4-11(10)12/h1-9H. The molecule has 0 aliphatic carbocycles. The summed E-state index contributed by atoms with van der Waals surface area (Å²) < 4.78 is 0. The Morgan fingerprint density at radius 1 is 1.12 bits per heavy atom. The second kappa shape index (κ2) is 4.11. The summed E-state index contributed by atoms with van der Waals surface area (Å²) >= 11 is 1.63. The number of hydrogen-bond donors (Lipinski definition) is 0. The van der Waals surface area contributed by atoms with Gasteiger partial charge in [-0.3, -0.25) is 4.79 Å². The van der Waals surface area contributed by atoms with Crippen molar-refractivity contribution in [2.24, 2.45) is 0 Å². The Morgan fingerprint density at radius 3 is 2.76 bits per heavy atom. The summed E-state index contributed by atoms with van der Waals surface area (Å²) in [7, 11) is 0. The molecular weight excluding hydrogens is 230 g/mol. The minimum Gasteiger partial charge on any atom is -0.298 e. The zero-order valence-corrected chi connectivity index (χ0v) is 9.78. The Balaban J connectivity index is 2.32. The van der Waals surface area contributed by atoms with Crippen LogP contribution < -0.4 is 0 Å². The number of aromatic nitrogens is 1. The van der Waals surface area contributed by atoms with Crippen molar-refractivity contribution in [3.63, 3.8) is 0 Å². The molecule has 17 heavy (non-hydrogen) atoms. The Labute approximate surface area is 103 Å². The molecule has 0 spiro atoms. The third-order valence-corrected chi connectivity index (χ3v) is 3.54. The molecule has 82 valence electrons. The average Bonchev–Trinajstić information content (AvgIpc) is 2.91. The number of thiophene rings is 1. The quantitative estimate of drug-likeness (QED) is 0.637. The molecule has 0 N–H and O–H groups in total. The molecule has 0 aliphatic heterocycles. The SMILES string of the molecule is O=Cc1cc(-c2cccs2)nc2ccccc12. The van der Waals surface area contributed by atoms with Gasteiger partial charge in [-0.15, -0.1) is 11.3 Å². The number of nitrogens with zero attached hydrogens (tertiary/aromatic N) is 1. The summed E-state index contributed by atoms with van der Waals surface area (Å²) in [6.45, 7) is 0. The molecule has 0 fully saturated rings. The van der Waals surface area contributed by atoms with Crippen LogP contribution in [-0.2, 0) is 0 Å². The van der Waals surface area contributed by atoms with E-state index < -0.39 is 0 Å². The lowest BCUT2D eigenvalue weighted by Crippen LogP contribution is -1.89. The van der Waals surface area contributed by atoms with E-state index in [1.54, 1.807) is 11.3 Å². The predicted molar refractivity (Wildman–Crippen MR) is 70.4 cm³/mol. The van der Waals surface area contributed by atoms with Crippen LogP contribution in [0.2, 0.25) is 0 Å². The van der Waals surface area contributed by atoms with E-state index >= 15 is 0 Å². The maximum atomic E-state index is 11.1. The first-order valence-corrected chi connectivity index (χ1v) is 6.15. The van der Waals surface area contributed by atoms with Crippen LogP contribution in [0.3, 0.4) is 0 Å². The third-order valence-electron chi connectivity index (χ3n) is 2.65. The fourth-order valence-corrected chi connectivity index (χ4v) is 2.54. The minimum absolute atomic E-state index is 0.694. The summed E-state index contributed by atoms with van der Waals surface area (Å²) in [5, 5.41) is 2.91. The minimum atomic E-state index is 0.694. The summed E-state index contributed by atoms with van der Waals surface area (Å²) in [6.07, 6.45) is 0.890.